The van der Waals surface area contributed by atoms with Crippen LogP contribution in [0.3, 0.4) is 0 Å². The Hall–Kier alpha value is -0.610. The Labute approximate surface area is 110 Å². The summed E-state index contributed by atoms with van der Waals surface area (Å²) in [5.41, 5.74) is 0. The van der Waals surface area contributed by atoms with Crippen molar-refractivity contribution < 1.29 is 9.90 Å². The molecule has 0 aromatic rings. The van der Waals surface area contributed by atoms with Gasteiger partial charge in [0.05, 0.1) is 6.04 Å². The predicted octanol–water partition coefficient (Wildman–Crippen LogP) is 1.28. The Morgan fingerprint density at radius 2 is 2.11 bits per heavy atom. The molecule has 0 radical (unpaired) electrons. The number of nitrogens with one attached hydrogen (secondary N) is 1. The summed E-state index contributed by atoms with van der Waals surface area (Å²) in [5.74, 6) is 0.264. The molecule has 2 rings (SSSR count). The summed E-state index contributed by atoms with van der Waals surface area (Å²) in [6, 6.07) is 0.720. The molecule has 4 heteroatoms. The number of aliphatic hydroxyl groups excluding tert-OH is 1. The standard InChI is InChI=1S/C14H26N2O2/c1-11-5-4-7-13(15-11)14(18)16-9-3-2-6-12(16)8-10-17/h11-13,15,17H,2-10H2,1H3. The molecule has 2 aliphatic heterocycles. The van der Waals surface area contributed by atoms with Gasteiger partial charge < -0.3 is 15.3 Å². The number of amides is 1. The second kappa shape index (κ2) is 6.53. The van der Waals surface area contributed by atoms with Crippen molar-refractivity contribution in [3.63, 3.8) is 0 Å². The number of likely N-dealkylation sites (tertiary alicyclic amines) is 1. The molecule has 2 fully saturated rings. The second-order valence-electron chi connectivity index (χ2n) is 5.74. The largest absolute Gasteiger partial charge is 0.396 e. The van der Waals surface area contributed by atoms with Gasteiger partial charge in [-0.2, -0.15) is 0 Å². The highest BCUT2D eigenvalue weighted by Gasteiger charge is 2.32. The normalized spacial score (nSPS) is 33.4. The predicted molar refractivity (Wildman–Crippen MR) is 71.3 cm³/mol. The van der Waals surface area contributed by atoms with Crippen molar-refractivity contribution in [2.24, 2.45) is 0 Å². The average molecular weight is 254 g/mol. The van der Waals surface area contributed by atoms with Crippen molar-refractivity contribution in [3.05, 3.63) is 0 Å². The molecular weight excluding hydrogens is 228 g/mol. The second-order valence-corrected chi connectivity index (χ2v) is 5.74. The minimum absolute atomic E-state index is 0.00745. The number of nitrogens with zero attached hydrogens (tertiary/aromatic N) is 1. The molecule has 2 saturated heterocycles. The van der Waals surface area contributed by atoms with Crippen molar-refractivity contribution in [3.8, 4) is 0 Å². The molecule has 3 atom stereocenters. The van der Waals surface area contributed by atoms with E-state index < -0.39 is 0 Å². The molecule has 2 heterocycles. The van der Waals surface area contributed by atoms with Crippen LogP contribution in [0.4, 0.5) is 0 Å². The Kier molecular flexibility index (Phi) is 5.01. The summed E-state index contributed by atoms with van der Waals surface area (Å²) in [7, 11) is 0. The zero-order valence-electron chi connectivity index (χ0n) is 11.4. The number of hydrogen-bond acceptors (Lipinski definition) is 3. The Morgan fingerprint density at radius 3 is 2.83 bits per heavy atom. The Balaban J connectivity index is 1.96. The van der Waals surface area contributed by atoms with E-state index >= 15 is 0 Å². The summed E-state index contributed by atoms with van der Waals surface area (Å²) >= 11 is 0. The molecule has 0 saturated carbocycles. The maximum Gasteiger partial charge on any atom is 0.239 e. The topological polar surface area (TPSA) is 52.6 Å². The number of carbonyl (C=O) groups excluding carboxylic acids is 1. The van der Waals surface area contributed by atoms with Gasteiger partial charge in [-0.15, -0.1) is 0 Å². The van der Waals surface area contributed by atoms with Crippen molar-refractivity contribution in [1.82, 2.24) is 10.2 Å². The average Bonchev–Trinajstić information content (AvgIpc) is 2.39. The summed E-state index contributed by atoms with van der Waals surface area (Å²) in [5, 5.41) is 12.5. The highest BCUT2D eigenvalue weighted by molar-refractivity contribution is 5.82. The molecule has 18 heavy (non-hydrogen) atoms. The molecule has 4 nitrogen and oxygen atoms in total. The Morgan fingerprint density at radius 1 is 1.28 bits per heavy atom. The quantitative estimate of drug-likeness (QED) is 0.798. The number of rotatable bonds is 3. The van der Waals surface area contributed by atoms with Crippen LogP contribution in [0.5, 0.6) is 0 Å². The van der Waals surface area contributed by atoms with Crippen molar-refractivity contribution in [2.45, 2.75) is 70.0 Å². The Bertz CT molecular complexity index is 281. The highest BCUT2D eigenvalue weighted by atomic mass is 16.3. The summed E-state index contributed by atoms with van der Waals surface area (Å²) < 4.78 is 0. The zero-order chi connectivity index (χ0) is 13.0. The van der Waals surface area contributed by atoms with Crippen LogP contribution in [0.15, 0.2) is 0 Å². The van der Waals surface area contributed by atoms with E-state index in [1.54, 1.807) is 0 Å². The lowest BCUT2D eigenvalue weighted by Crippen LogP contribution is -2.55. The first-order valence-electron chi connectivity index (χ1n) is 7.39. The smallest absolute Gasteiger partial charge is 0.239 e. The monoisotopic (exact) mass is 254 g/mol. The van der Waals surface area contributed by atoms with E-state index in [2.05, 4.69) is 12.2 Å². The van der Waals surface area contributed by atoms with E-state index in [1.807, 2.05) is 4.90 Å². The van der Waals surface area contributed by atoms with Crippen LogP contribution in [-0.2, 0) is 4.79 Å². The first kappa shape index (κ1) is 13.8. The molecule has 0 aromatic carbocycles. The SMILES string of the molecule is CC1CCCC(C(=O)N2CCCCC2CCO)N1. The highest BCUT2D eigenvalue weighted by Crippen LogP contribution is 2.22. The fourth-order valence-electron chi connectivity index (χ4n) is 3.27. The molecule has 3 unspecified atom stereocenters. The fourth-order valence-corrected chi connectivity index (χ4v) is 3.27. The number of carbonyl (C=O) groups is 1. The molecule has 104 valence electrons. The van der Waals surface area contributed by atoms with Crippen LogP contribution in [-0.4, -0.2) is 47.2 Å². The first-order chi connectivity index (χ1) is 8.72. The maximum absolute atomic E-state index is 12.6. The van der Waals surface area contributed by atoms with Crippen LogP contribution in [0.25, 0.3) is 0 Å². The molecular formula is C14H26N2O2. The van der Waals surface area contributed by atoms with E-state index in [1.165, 1.54) is 12.8 Å². The lowest BCUT2D eigenvalue weighted by Gasteiger charge is -2.39. The fraction of sp³-hybridized carbons (Fsp3) is 0.929. The van der Waals surface area contributed by atoms with Gasteiger partial charge in [0, 0.05) is 25.2 Å². The van der Waals surface area contributed by atoms with Crippen molar-refractivity contribution in [2.75, 3.05) is 13.2 Å². The lowest BCUT2D eigenvalue weighted by atomic mass is 9.95. The molecule has 0 bridgehead atoms. The van der Waals surface area contributed by atoms with E-state index in [-0.39, 0.29) is 24.6 Å². The zero-order valence-corrected chi connectivity index (χ0v) is 11.4. The lowest BCUT2D eigenvalue weighted by molar-refractivity contribution is -0.138. The van der Waals surface area contributed by atoms with Gasteiger partial charge in [0.15, 0.2) is 0 Å². The van der Waals surface area contributed by atoms with Gasteiger partial charge in [-0.25, -0.2) is 0 Å². The van der Waals surface area contributed by atoms with Gasteiger partial charge >= 0.3 is 0 Å². The third-order valence-electron chi connectivity index (χ3n) is 4.29. The van der Waals surface area contributed by atoms with Gasteiger partial charge in [-0.05, 0) is 51.9 Å². The number of piperidine rings is 2. The van der Waals surface area contributed by atoms with Gasteiger partial charge in [-0.3, -0.25) is 4.79 Å². The molecule has 2 aliphatic rings. The minimum Gasteiger partial charge on any atom is -0.396 e. The summed E-state index contributed by atoms with van der Waals surface area (Å²) in [6.45, 7) is 3.21. The van der Waals surface area contributed by atoms with Gasteiger partial charge in [0.25, 0.3) is 0 Å². The van der Waals surface area contributed by atoms with Crippen molar-refractivity contribution >= 4 is 5.91 Å². The van der Waals surface area contributed by atoms with Crippen molar-refractivity contribution in [1.29, 1.82) is 0 Å². The van der Waals surface area contributed by atoms with E-state index in [0.717, 1.165) is 38.6 Å². The molecule has 1 amide bonds. The van der Waals surface area contributed by atoms with Gasteiger partial charge in [-0.1, -0.05) is 0 Å². The maximum atomic E-state index is 12.6. The van der Waals surface area contributed by atoms with E-state index in [9.17, 15) is 4.79 Å². The third kappa shape index (κ3) is 3.23. The van der Waals surface area contributed by atoms with Gasteiger partial charge in [0.2, 0.25) is 5.91 Å². The third-order valence-corrected chi connectivity index (χ3v) is 4.29. The van der Waals surface area contributed by atoms with Crippen LogP contribution in [0, 0.1) is 0 Å². The number of hydrogen-bond donors (Lipinski definition) is 2. The van der Waals surface area contributed by atoms with Gasteiger partial charge in [0.1, 0.15) is 0 Å². The van der Waals surface area contributed by atoms with E-state index in [0.29, 0.717) is 6.04 Å². The summed E-state index contributed by atoms with van der Waals surface area (Å²) in [6.07, 6.45) is 7.35. The van der Waals surface area contributed by atoms with Crippen LogP contribution in [0.1, 0.15) is 51.9 Å². The molecule has 2 N–H and O–H groups in total. The molecule has 0 aromatic heterocycles. The molecule has 0 aliphatic carbocycles. The van der Waals surface area contributed by atoms with Crippen LogP contribution >= 0.6 is 0 Å². The molecule has 0 spiro atoms. The minimum atomic E-state index is 0.00745. The number of aliphatic hydroxyl groups is 1. The van der Waals surface area contributed by atoms with Crippen LogP contribution in [0.2, 0.25) is 0 Å². The summed E-state index contributed by atoms with van der Waals surface area (Å²) in [4.78, 5) is 14.6. The first-order valence-corrected chi connectivity index (χ1v) is 7.39. The van der Waals surface area contributed by atoms with Crippen LogP contribution < -0.4 is 5.32 Å². The van der Waals surface area contributed by atoms with E-state index in [4.69, 9.17) is 5.11 Å².